The molecule has 0 amide bonds. The molecule has 1 heterocycles. The molecule has 0 saturated heterocycles. The van der Waals surface area contributed by atoms with E-state index in [2.05, 4.69) is 5.10 Å². The second-order valence-electron chi connectivity index (χ2n) is 3.97. The van der Waals surface area contributed by atoms with E-state index in [1.165, 1.54) is 17.7 Å². The Hall–Kier alpha value is -1.35. The molecule has 0 spiro atoms. The van der Waals surface area contributed by atoms with E-state index in [0.29, 0.717) is 12.4 Å². The first-order valence-electron chi connectivity index (χ1n) is 5.59. The first kappa shape index (κ1) is 12.1. The third kappa shape index (κ3) is 3.56. The van der Waals surface area contributed by atoms with Crippen molar-refractivity contribution in [2.24, 2.45) is 0 Å². The van der Waals surface area contributed by atoms with Gasteiger partial charge in [-0.1, -0.05) is 12.1 Å². The predicted molar refractivity (Wildman–Crippen MR) is 66.8 cm³/mol. The van der Waals surface area contributed by atoms with E-state index in [1.54, 1.807) is 12.1 Å². The van der Waals surface area contributed by atoms with Crippen LogP contribution in [0.1, 0.15) is 17.5 Å². The van der Waals surface area contributed by atoms with Crippen molar-refractivity contribution >= 4 is 11.6 Å². The van der Waals surface area contributed by atoms with Crippen molar-refractivity contribution in [3.8, 4) is 0 Å². The number of benzene rings is 1. The third-order valence-electron chi connectivity index (χ3n) is 2.54. The quantitative estimate of drug-likeness (QED) is 0.747. The molecule has 90 valence electrons. The van der Waals surface area contributed by atoms with Crippen molar-refractivity contribution in [2.75, 3.05) is 5.88 Å². The highest BCUT2D eigenvalue weighted by Crippen LogP contribution is 2.07. The van der Waals surface area contributed by atoms with Gasteiger partial charge in [-0.05, 0) is 36.1 Å². The van der Waals surface area contributed by atoms with Crippen LogP contribution in [-0.4, -0.2) is 15.7 Å². The molecule has 2 aromatic rings. The van der Waals surface area contributed by atoms with E-state index in [1.807, 2.05) is 17.1 Å². The zero-order valence-electron chi connectivity index (χ0n) is 9.44. The molecule has 1 aromatic carbocycles. The summed E-state index contributed by atoms with van der Waals surface area (Å²) in [6, 6.07) is 6.48. The van der Waals surface area contributed by atoms with Crippen LogP contribution >= 0.6 is 11.6 Å². The van der Waals surface area contributed by atoms with E-state index in [4.69, 9.17) is 11.6 Å². The van der Waals surface area contributed by atoms with Gasteiger partial charge in [-0.15, -0.1) is 11.6 Å². The van der Waals surface area contributed by atoms with Gasteiger partial charge >= 0.3 is 0 Å². The van der Waals surface area contributed by atoms with E-state index >= 15 is 0 Å². The lowest BCUT2D eigenvalue weighted by Gasteiger charge is -2.01. The summed E-state index contributed by atoms with van der Waals surface area (Å²) in [4.78, 5) is 0. The summed E-state index contributed by atoms with van der Waals surface area (Å²) in [5.41, 5.74) is 2.23. The maximum absolute atomic E-state index is 12.7. The first-order valence-corrected chi connectivity index (χ1v) is 6.13. The van der Waals surface area contributed by atoms with Crippen molar-refractivity contribution in [3.63, 3.8) is 0 Å². The monoisotopic (exact) mass is 252 g/mol. The Kier molecular flexibility index (Phi) is 4.15. The molecule has 17 heavy (non-hydrogen) atoms. The lowest BCUT2D eigenvalue weighted by Crippen LogP contribution is -1.99. The summed E-state index contributed by atoms with van der Waals surface area (Å²) >= 11 is 5.64. The Morgan fingerprint density at radius 1 is 1.18 bits per heavy atom. The number of alkyl halides is 1. The molecule has 0 aliphatic carbocycles. The van der Waals surface area contributed by atoms with Crippen molar-refractivity contribution in [3.05, 3.63) is 53.6 Å². The van der Waals surface area contributed by atoms with Crippen LogP contribution in [0.2, 0.25) is 0 Å². The molecule has 0 aliphatic heterocycles. The minimum absolute atomic E-state index is 0.211. The third-order valence-corrected chi connectivity index (χ3v) is 2.81. The topological polar surface area (TPSA) is 17.8 Å². The van der Waals surface area contributed by atoms with Crippen molar-refractivity contribution in [1.29, 1.82) is 0 Å². The number of aromatic nitrogens is 2. The van der Waals surface area contributed by atoms with Crippen LogP contribution < -0.4 is 0 Å². The number of rotatable bonds is 5. The molecule has 4 heteroatoms. The van der Waals surface area contributed by atoms with Gasteiger partial charge in [0.05, 0.1) is 12.7 Å². The largest absolute Gasteiger partial charge is 0.268 e. The molecule has 0 aliphatic rings. The van der Waals surface area contributed by atoms with E-state index in [9.17, 15) is 4.39 Å². The number of hydrogen-bond donors (Lipinski definition) is 0. The number of hydrogen-bond acceptors (Lipinski definition) is 1. The summed E-state index contributed by atoms with van der Waals surface area (Å²) in [5, 5.41) is 4.27. The van der Waals surface area contributed by atoms with Crippen molar-refractivity contribution in [1.82, 2.24) is 9.78 Å². The maximum atomic E-state index is 12.7. The van der Waals surface area contributed by atoms with Crippen LogP contribution in [0.5, 0.6) is 0 Å². The fourth-order valence-corrected chi connectivity index (χ4v) is 1.80. The molecule has 2 rings (SSSR count). The maximum Gasteiger partial charge on any atom is 0.123 e. The second-order valence-corrected chi connectivity index (χ2v) is 4.34. The zero-order valence-corrected chi connectivity index (χ0v) is 10.2. The summed E-state index contributed by atoms with van der Waals surface area (Å²) in [6.45, 7) is 0.668. The highest BCUT2D eigenvalue weighted by atomic mass is 35.5. The standard InChI is InChI=1S/C13H14ClFN2/c14-7-1-2-12-8-16-17(10-12)9-11-3-5-13(15)6-4-11/h3-6,8,10H,1-2,7,9H2. The number of aryl methyl sites for hydroxylation is 1. The van der Waals surface area contributed by atoms with Crippen LogP contribution in [0.3, 0.4) is 0 Å². The van der Waals surface area contributed by atoms with Crippen LogP contribution in [0, 0.1) is 5.82 Å². The van der Waals surface area contributed by atoms with Gasteiger partial charge in [-0.2, -0.15) is 5.10 Å². The van der Waals surface area contributed by atoms with Gasteiger partial charge in [0.2, 0.25) is 0 Å². The van der Waals surface area contributed by atoms with Crippen LogP contribution in [0.4, 0.5) is 4.39 Å². The molecule has 0 fully saturated rings. The highest BCUT2D eigenvalue weighted by Gasteiger charge is 2.00. The summed E-state index contributed by atoms with van der Waals surface area (Å²) in [6.07, 6.45) is 5.78. The summed E-state index contributed by atoms with van der Waals surface area (Å²) in [5.74, 6) is 0.459. The van der Waals surface area contributed by atoms with Gasteiger partial charge in [0.25, 0.3) is 0 Å². The Morgan fingerprint density at radius 2 is 1.94 bits per heavy atom. The van der Waals surface area contributed by atoms with Crippen molar-refractivity contribution < 1.29 is 4.39 Å². The molecule has 0 radical (unpaired) electrons. The van der Waals surface area contributed by atoms with E-state index in [0.717, 1.165) is 18.4 Å². The Balaban J connectivity index is 1.98. The fourth-order valence-electron chi connectivity index (χ4n) is 1.67. The minimum atomic E-state index is -0.211. The van der Waals surface area contributed by atoms with Crippen LogP contribution in [-0.2, 0) is 13.0 Å². The molecular weight excluding hydrogens is 239 g/mol. The molecular formula is C13H14ClFN2. The normalized spacial score (nSPS) is 10.7. The smallest absolute Gasteiger partial charge is 0.123 e. The van der Waals surface area contributed by atoms with Crippen LogP contribution in [0.15, 0.2) is 36.7 Å². The molecule has 0 unspecified atom stereocenters. The lowest BCUT2D eigenvalue weighted by molar-refractivity contribution is 0.624. The average molecular weight is 253 g/mol. The molecule has 0 bridgehead atoms. The van der Waals surface area contributed by atoms with Crippen LogP contribution in [0.25, 0.3) is 0 Å². The number of nitrogens with zero attached hydrogens (tertiary/aromatic N) is 2. The lowest BCUT2D eigenvalue weighted by atomic mass is 10.2. The average Bonchev–Trinajstić information content (AvgIpc) is 2.77. The zero-order chi connectivity index (χ0) is 12.1. The number of halogens is 2. The highest BCUT2D eigenvalue weighted by molar-refractivity contribution is 6.17. The molecule has 0 saturated carbocycles. The molecule has 1 aromatic heterocycles. The van der Waals surface area contributed by atoms with Gasteiger partial charge in [0, 0.05) is 12.1 Å². The molecule has 2 nitrogen and oxygen atoms in total. The SMILES string of the molecule is Fc1ccc(Cn2cc(CCCCl)cn2)cc1. The second kappa shape index (κ2) is 5.82. The molecule has 0 atom stereocenters. The molecule has 0 N–H and O–H groups in total. The van der Waals surface area contributed by atoms with Crippen molar-refractivity contribution in [2.45, 2.75) is 19.4 Å². The summed E-state index contributed by atoms with van der Waals surface area (Å²) in [7, 11) is 0. The van der Waals surface area contributed by atoms with Gasteiger partial charge in [0.15, 0.2) is 0 Å². The first-order chi connectivity index (χ1) is 8.28. The Morgan fingerprint density at radius 3 is 2.65 bits per heavy atom. The summed E-state index contributed by atoms with van der Waals surface area (Å²) < 4.78 is 14.6. The fraction of sp³-hybridized carbons (Fsp3) is 0.308. The predicted octanol–water partition coefficient (Wildman–Crippen LogP) is 3.24. The van der Waals surface area contributed by atoms with E-state index < -0.39 is 0 Å². The Labute approximate surface area is 105 Å². The van der Waals surface area contributed by atoms with Gasteiger partial charge in [-0.25, -0.2) is 4.39 Å². The van der Waals surface area contributed by atoms with E-state index in [-0.39, 0.29) is 5.82 Å². The van der Waals surface area contributed by atoms with Gasteiger partial charge < -0.3 is 0 Å². The van der Waals surface area contributed by atoms with Gasteiger partial charge in [-0.3, -0.25) is 4.68 Å². The van der Waals surface area contributed by atoms with Gasteiger partial charge in [0.1, 0.15) is 5.82 Å². The Bertz CT molecular complexity index is 465. The minimum Gasteiger partial charge on any atom is -0.268 e.